The minimum atomic E-state index is -4.32. The normalized spacial score (nSPS) is 13.4. The Morgan fingerprint density at radius 1 is 0.842 bits per heavy atom. The van der Waals surface area contributed by atoms with E-state index in [4.69, 9.17) is 33.6 Å². The highest BCUT2D eigenvalue weighted by Gasteiger charge is 2.36. The summed E-state index contributed by atoms with van der Waals surface area (Å²) in [5.41, 5.74) is 3.68. The van der Waals surface area contributed by atoms with Crippen molar-refractivity contribution in [2.75, 3.05) is 32.3 Å². The van der Waals surface area contributed by atoms with Crippen molar-refractivity contribution >= 4 is 24.8 Å². The lowest BCUT2D eigenvalue weighted by atomic mass is 9.91. The molecule has 0 saturated heterocycles. The van der Waals surface area contributed by atoms with E-state index in [2.05, 4.69) is 0 Å². The third-order valence-corrected chi connectivity index (χ3v) is 7.04. The van der Waals surface area contributed by atoms with Crippen LogP contribution in [0.25, 0.3) is 5.57 Å². The molecule has 0 aromatic heterocycles. The van der Waals surface area contributed by atoms with Crippen LogP contribution >= 0.6 is 7.82 Å². The number of fused-ring (bicyclic) bond motifs is 2. The van der Waals surface area contributed by atoms with Gasteiger partial charge in [0.25, 0.3) is 0 Å². The number of hydrogen-bond donors (Lipinski definition) is 0. The maximum Gasteiger partial charge on any atom is 0.532 e. The number of para-hydroxylation sites is 2. The van der Waals surface area contributed by atoms with Gasteiger partial charge in [-0.2, -0.15) is 10.5 Å². The lowest BCUT2D eigenvalue weighted by molar-refractivity contribution is 0.107. The Morgan fingerprint density at radius 3 is 2.13 bits per heavy atom. The first-order chi connectivity index (χ1) is 18.5. The van der Waals surface area contributed by atoms with Crippen LogP contribution in [0.5, 0.6) is 11.5 Å². The summed E-state index contributed by atoms with van der Waals surface area (Å²) in [4.78, 5) is 2.02. The molecule has 0 N–H and O–H groups in total. The highest BCUT2D eigenvalue weighted by Crippen LogP contribution is 2.55. The van der Waals surface area contributed by atoms with Gasteiger partial charge in [-0.25, -0.2) is 4.57 Å². The van der Waals surface area contributed by atoms with E-state index >= 15 is 0 Å². The molecule has 38 heavy (non-hydrogen) atoms. The number of benzene rings is 3. The highest BCUT2D eigenvalue weighted by molar-refractivity contribution is 7.48. The second kappa shape index (κ2) is 12.3. The van der Waals surface area contributed by atoms with Crippen molar-refractivity contribution < 1.29 is 27.6 Å². The van der Waals surface area contributed by atoms with Crippen molar-refractivity contribution in [1.82, 2.24) is 0 Å². The smallest absolute Gasteiger partial charge is 0.497 e. The van der Waals surface area contributed by atoms with Crippen LogP contribution in [0.3, 0.4) is 0 Å². The summed E-state index contributed by atoms with van der Waals surface area (Å²) in [7, 11) is -0.785. The van der Waals surface area contributed by atoms with E-state index in [1.807, 2.05) is 72.6 Å². The van der Waals surface area contributed by atoms with E-state index in [1.165, 1.54) is 0 Å². The molecule has 0 bridgehead atoms. The summed E-state index contributed by atoms with van der Waals surface area (Å²) in [5, 5.41) is 17.9. The Balaban J connectivity index is 1.92. The Labute approximate surface area is 221 Å². The molecule has 10 heteroatoms. The van der Waals surface area contributed by atoms with Crippen molar-refractivity contribution in [2.45, 2.75) is 12.8 Å². The molecule has 4 rings (SSSR count). The molecule has 0 aliphatic carbocycles. The average molecular weight is 532 g/mol. The second-order valence-electron chi connectivity index (χ2n) is 8.06. The van der Waals surface area contributed by atoms with Crippen molar-refractivity contribution in [1.29, 1.82) is 10.5 Å². The zero-order chi connectivity index (χ0) is 27.0. The van der Waals surface area contributed by atoms with Crippen LogP contribution < -0.4 is 14.4 Å². The van der Waals surface area contributed by atoms with E-state index in [-0.39, 0.29) is 32.0 Å². The van der Waals surface area contributed by atoms with Gasteiger partial charge in [0.1, 0.15) is 11.5 Å². The Kier molecular flexibility index (Phi) is 8.68. The molecule has 3 aromatic rings. The summed E-state index contributed by atoms with van der Waals surface area (Å²) in [6, 6.07) is 26.0. The van der Waals surface area contributed by atoms with Crippen LogP contribution in [0.2, 0.25) is 0 Å². The van der Waals surface area contributed by atoms with Crippen molar-refractivity contribution in [3.05, 3.63) is 89.9 Å². The highest BCUT2D eigenvalue weighted by atomic mass is 31.2. The molecule has 0 atom stereocenters. The number of nitriles is 2. The Bertz CT molecular complexity index is 1420. The molecule has 0 unspecified atom stereocenters. The number of nitrogens with zero attached hydrogens (tertiary/aromatic N) is 3. The molecule has 0 amide bonds. The van der Waals surface area contributed by atoms with Gasteiger partial charge in [-0.15, -0.1) is 0 Å². The third-order valence-electron chi connectivity index (χ3n) is 5.65. The first kappa shape index (κ1) is 26.8. The van der Waals surface area contributed by atoms with E-state index in [9.17, 15) is 4.57 Å². The molecule has 0 spiro atoms. The summed E-state index contributed by atoms with van der Waals surface area (Å²) in [6.07, 6.45) is -0.0622. The third kappa shape index (κ3) is 5.99. The van der Waals surface area contributed by atoms with Crippen molar-refractivity contribution in [2.24, 2.45) is 0 Å². The van der Waals surface area contributed by atoms with Crippen LogP contribution in [0.1, 0.15) is 24.0 Å². The van der Waals surface area contributed by atoms with E-state index in [0.29, 0.717) is 17.1 Å². The molecular weight excluding hydrogens is 505 g/mol. The number of rotatable bonds is 11. The van der Waals surface area contributed by atoms with Crippen LogP contribution in [0.4, 0.5) is 11.4 Å². The number of phosphoric ester groups is 1. The monoisotopic (exact) mass is 531 g/mol. The van der Waals surface area contributed by atoms with Gasteiger partial charge in [0.05, 0.1) is 56.6 Å². The number of phosphoric acid groups is 1. The number of anilines is 2. The van der Waals surface area contributed by atoms with Crippen LogP contribution in [0.15, 0.2) is 78.7 Å². The number of ether oxygens (including phenoxy) is 2. The molecule has 0 fully saturated rings. The standard InChI is InChI=1S/C28H26N3O6P/c1-31-25-13-7-6-12-23(25)27(24-15-14-22(33-2)20-26(24)31)28(36-21-10-4-3-5-11-21)37-38(32,34-18-8-16-29)35-19-9-17-30/h3-7,10-15,20H,8-9,18-19H2,1-2H3/b28-27+. The van der Waals surface area contributed by atoms with Gasteiger partial charge in [0.2, 0.25) is 0 Å². The zero-order valence-corrected chi connectivity index (χ0v) is 21.9. The Morgan fingerprint density at radius 2 is 1.47 bits per heavy atom. The Hall–Kier alpha value is -4.27. The van der Waals surface area contributed by atoms with Gasteiger partial charge in [0.15, 0.2) is 0 Å². The van der Waals surface area contributed by atoms with E-state index < -0.39 is 7.82 Å². The van der Waals surface area contributed by atoms with Crippen LogP contribution in [0, 0.1) is 22.7 Å². The predicted octanol–water partition coefficient (Wildman–Crippen LogP) is 6.56. The fraction of sp³-hybridized carbons (Fsp3) is 0.214. The molecule has 9 nitrogen and oxygen atoms in total. The zero-order valence-electron chi connectivity index (χ0n) is 21.0. The van der Waals surface area contributed by atoms with E-state index in [1.54, 1.807) is 31.4 Å². The van der Waals surface area contributed by atoms with Gasteiger partial charge < -0.3 is 18.9 Å². The van der Waals surface area contributed by atoms with Crippen LogP contribution in [-0.4, -0.2) is 27.4 Å². The van der Waals surface area contributed by atoms with Gasteiger partial charge in [0, 0.05) is 29.9 Å². The lowest BCUT2D eigenvalue weighted by Crippen LogP contribution is -2.20. The quantitative estimate of drug-likeness (QED) is 0.154. The molecule has 1 heterocycles. The predicted molar refractivity (Wildman–Crippen MR) is 142 cm³/mol. The van der Waals surface area contributed by atoms with Crippen LogP contribution in [-0.2, 0) is 18.1 Å². The summed E-state index contributed by atoms with van der Waals surface area (Å²) >= 11 is 0. The second-order valence-corrected chi connectivity index (χ2v) is 9.65. The summed E-state index contributed by atoms with van der Waals surface area (Å²) in [6.45, 7) is -0.386. The summed E-state index contributed by atoms with van der Waals surface area (Å²) in [5.74, 6) is 0.980. The fourth-order valence-corrected chi connectivity index (χ4v) is 5.05. The maximum absolute atomic E-state index is 13.8. The molecule has 0 saturated carbocycles. The molecule has 3 aromatic carbocycles. The molecule has 0 radical (unpaired) electrons. The summed E-state index contributed by atoms with van der Waals surface area (Å²) < 4.78 is 42.3. The van der Waals surface area contributed by atoms with Gasteiger partial charge in [-0.1, -0.05) is 36.4 Å². The van der Waals surface area contributed by atoms with Gasteiger partial charge in [-0.3, -0.25) is 9.05 Å². The van der Waals surface area contributed by atoms with E-state index in [0.717, 1.165) is 22.5 Å². The number of methoxy groups -OCH3 is 1. The number of hydrogen-bond acceptors (Lipinski definition) is 9. The molecular formula is C28H26N3O6P. The minimum absolute atomic E-state index is 0.0311. The van der Waals surface area contributed by atoms with Gasteiger partial charge >= 0.3 is 13.8 Å². The average Bonchev–Trinajstić information content (AvgIpc) is 2.94. The first-order valence-corrected chi connectivity index (χ1v) is 13.3. The molecule has 1 aliphatic rings. The lowest BCUT2D eigenvalue weighted by Gasteiger charge is -2.33. The molecule has 194 valence electrons. The fourth-order valence-electron chi connectivity index (χ4n) is 3.91. The SMILES string of the molecule is COc1ccc2c(c1)N(C)c1ccccc1/C2=C(/Oc1ccccc1)OP(=O)(OCCC#N)OCCC#N. The topological polar surface area (TPSA) is 114 Å². The first-order valence-electron chi connectivity index (χ1n) is 11.8. The van der Waals surface area contributed by atoms with Crippen molar-refractivity contribution in [3.63, 3.8) is 0 Å². The maximum atomic E-state index is 13.8. The minimum Gasteiger partial charge on any atom is -0.497 e. The van der Waals surface area contributed by atoms with Crippen molar-refractivity contribution in [3.8, 4) is 23.6 Å². The van der Waals surface area contributed by atoms with Gasteiger partial charge in [-0.05, 0) is 30.3 Å². The molecule has 1 aliphatic heterocycles. The largest absolute Gasteiger partial charge is 0.532 e.